The monoisotopic (exact) mass is 357 g/mol. The van der Waals surface area contributed by atoms with Crippen molar-refractivity contribution in [1.29, 1.82) is 0 Å². The van der Waals surface area contributed by atoms with Crippen molar-refractivity contribution >= 4 is 15.9 Å². The molecule has 1 aromatic rings. The number of nitrogens with one attached hydrogen (secondary N) is 1. The fourth-order valence-electron chi connectivity index (χ4n) is 3.53. The smallest absolute Gasteiger partial charge is 0.0834 e. The van der Waals surface area contributed by atoms with Crippen LogP contribution in [0.15, 0.2) is 4.47 Å². The standard InChI is InChI=1S/C16H28BrN3O/c1-5-10-18-14(16(21-4)8-6-7-9-16)11-13-15(17)12(2)19-20(13)3/h14,18H,5-11H2,1-4H3. The van der Waals surface area contributed by atoms with Crippen molar-refractivity contribution in [2.75, 3.05) is 13.7 Å². The van der Waals surface area contributed by atoms with Gasteiger partial charge in [0.25, 0.3) is 0 Å². The molecule has 120 valence electrons. The highest BCUT2D eigenvalue weighted by atomic mass is 79.9. The summed E-state index contributed by atoms with van der Waals surface area (Å²) in [5.41, 5.74) is 2.29. The molecular formula is C16H28BrN3O. The molecule has 0 saturated heterocycles. The van der Waals surface area contributed by atoms with E-state index in [1.807, 2.05) is 25.8 Å². The lowest BCUT2D eigenvalue weighted by Gasteiger charge is -2.37. The molecule has 0 aromatic carbocycles. The molecule has 1 saturated carbocycles. The summed E-state index contributed by atoms with van der Waals surface area (Å²) in [6, 6.07) is 0.344. The summed E-state index contributed by atoms with van der Waals surface area (Å²) in [5.74, 6) is 0. The van der Waals surface area contributed by atoms with E-state index in [-0.39, 0.29) is 5.60 Å². The zero-order chi connectivity index (χ0) is 15.5. The molecule has 0 bridgehead atoms. The van der Waals surface area contributed by atoms with Crippen LogP contribution in [-0.4, -0.2) is 35.1 Å². The van der Waals surface area contributed by atoms with Gasteiger partial charge in [-0.1, -0.05) is 19.8 Å². The van der Waals surface area contributed by atoms with E-state index in [1.165, 1.54) is 18.5 Å². The lowest BCUT2D eigenvalue weighted by atomic mass is 9.88. The first-order valence-corrected chi connectivity index (χ1v) is 8.80. The minimum atomic E-state index is -0.0210. The Morgan fingerprint density at radius 3 is 2.57 bits per heavy atom. The Morgan fingerprint density at radius 1 is 1.43 bits per heavy atom. The fourth-order valence-corrected chi connectivity index (χ4v) is 4.02. The maximum Gasteiger partial charge on any atom is 0.0834 e. The van der Waals surface area contributed by atoms with Crippen molar-refractivity contribution < 1.29 is 4.74 Å². The van der Waals surface area contributed by atoms with Crippen molar-refractivity contribution in [3.63, 3.8) is 0 Å². The van der Waals surface area contributed by atoms with Crippen LogP contribution < -0.4 is 5.32 Å². The molecule has 0 spiro atoms. The van der Waals surface area contributed by atoms with Crippen LogP contribution in [0.5, 0.6) is 0 Å². The lowest BCUT2D eigenvalue weighted by molar-refractivity contribution is -0.0359. The second-order valence-corrected chi connectivity index (χ2v) is 6.95. The highest BCUT2D eigenvalue weighted by Gasteiger charge is 2.41. The van der Waals surface area contributed by atoms with Gasteiger partial charge in [0.1, 0.15) is 0 Å². The predicted molar refractivity (Wildman–Crippen MR) is 89.6 cm³/mol. The Labute approximate surface area is 136 Å². The Balaban J connectivity index is 2.23. The summed E-state index contributed by atoms with van der Waals surface area (Å²) >= 11 is 3.69. The van der Waals surface area contributed by atoms with E-state index >= 15 is 0 Å². The van der Waals surface area contributed by atoms with E-state index in [2.05, 4.69) is 33.3 Å². The van der Waals surface area contributed by atoms with Crippen LogP contribution in [0.2, 0.25) is 0 Å². The number of halogens is 1. The Kier molecular flexibility index (Phi) is 5.86. The normalized spacial score (nSPS) is 19.1. The first-order chi connectivity index (χ1) is 10.0. The average molecular weight is 358 g/mol. The number of methoxy groups -OCH3 is 1. The molecule has 1 aliphatic carbocycles. The van der Waals surface area contributed by atoms with E-state index in [0.717, 1.165) is 42.4 Å². The molecule has 1 fully saturated rings. The van der Waals surface area contributed by atoms with Crippen LogP contribution in [0.4, 0.5) is 0 Å². The first-order valence-electron chi connectivity index (χ1n) is 8.00. The van der Waals surface area contributed by atoms with Crippen LogP contribution >= 0.6 is 15.9 Å². The van der Waals surface area contributed by atoms with Gasteiger partial charge in [-0.3, -0.25) is 4.68 Å². The summed E-state index contributed by atoms with van der Waals surface area (Å²) in [6.07, 6.45) is 6.93. The molecule has 1 atom stereocenters. The van der Waals surface area contributed by atoms with Gasteiger partial charge in [-0.25, -0.2) is 0 Å². The van der Waals surface area contributed by atoms with Crippen molar-refractivity contribution in [2.45, 2.75) is 64.0 Å². The van der Waals surface area contributed by atoms with Crippen LogP contribution in [0.1, 0.15) is 50.4 Å². The molecule has 0 radical (unpaired) electrons. The van der Waals surface area contributed by atoms with Crippen molar-refractivity contribution in [3.8, 4) is 0 Å². The van der Waals surface area contributed by atoms with E-state index in [4.69, 9.17) is 4.74 Å². The van der Waals surface area contributed by atoms with Gasteiger partial charge in [-0.15, -0.1) is 0 Å². The average Bonchev–Trinajstić information content (AvgIpc) is 3.04. The van der Waals surface area contributed by atoms with Gasteiger partial charge in [0.2, 0.25) is 0 Å². The largest absolute Gasteiger partial charge is 0.377 e. The third-order valence-corrected chi connectivity index (χ3v) is 5.82. The molecular weight excluding hydrogens is 330 g/mol. The number of ether oxygens (including phenoxy) is 1. The molecule has 0 aliphatic heterocycles. The van der Waals surface area contributed by atoms with Crippen molar-refractivity contribution in [2.24, 2.45) is 7.05 Å². The second kappa shape index (κ2) is 7.25. The maximum absolute atomic E-state index is 6.01. The highest BCUT2D eigenvalue weighted by molar-refractivity contribution is 9.10. The lowest BCUT2D eigenvalue weighted by Crippen LogP contribution is -2.52. The number of aromatic nitrogens is 2. The molecule has 0 amide bonds. The van der Waals surface area contributed by atoms with Gasteiger partial charge in [0, 0.05) is 26.6 Å². The molecule has 21 heavy (non-hydrogen) atoms. The molecule has 2 rings (SSSR count). The molecule has 1 heterocycles. The molecule has 1 aromatic heterocycles. The Morgan fingerprint density at radius 2 is 2.10 bits per heavy atom. The van der Waals surface area contributed by atoms with E-state index in [1.54, 1.807) is 0 Å². The minimum Gasteiger partial charge on any atom is -0.377 e. The molecule has 1 N–H and O–H groups in total. The topological polar surface area (TPSA) is 39.1 Å². The molecule has 1 unspecified atom stereocenters. The van der Waals surface area contributed by atoms with Crippen LogP contribution in [0.3, 0.4) is 0 Å². The number of hydrogen-bond acceptors (Lipinski definition) is 3. The van der Waals surface area contributed by atoms with Crippen LogP contribution in [0.25, 0.3) is 0 Å². The number of hydrogen-bond donors (Lipinski definition) is 1. The third-order valence-electron chi connectivity index (χ3n) is 4.79. The highest BCUT2D eigenvalue weighted by Crippen LogP contribution is 2.37. The van der Waals surface area contributed by atoms with Gasteiger partial charge >= 0.3 is 0 Å². The van der Waals surface area contributed by atoms with Gasteiger partial charge in [0.05, 0.1) is 21.5 Å². The summed E-state index contributed by atoms with van der Waals surface area (Å²) in [7, 11) is 3.90. The second-order valence-electron chi connectivity index (χ2n) is 6.16. The van der Waals surface area contributed by atoms with Gasteiger partial charge in [0.15, 0.2) is 0 Å². The molecule has 5 heteroatoms. The van der Waals surface area contributed by atoms with Gasteiger partial charge in [-0.2, -0.15) is 5.10 Å². The van der Waals surface area contributed by atoms with E-state index < -0.39 is 0 Å². The van der Waals surface area contributed by atoms with E-state index in [0.29, 0.717) is 6.04 Å². The SMILES string of the molecule is CCCNC(Cc1c(Br)c(C)nn1C)C1(OC)CCCC1. The van der Waals surface area contributed by atoms with Crippen molar-refractivity contribution in [1.82, 2.24) is 15.1 Å². The first kappa shape index (κ1) is 17.0. The van der Waals surface area contributed by atoms with Crippen LogP contribution in [-0.2, 0) is 18.2 Å². The van der Waals surface area contributed by atoms with Gasteiger partial charge in [-0.05, 0) is 48.7 Å². The fraction of sp³-hybridized carbons (Fsp3) is 0.812. The quantitative estimate of drug-likeness (QED) is 0.812. The number of nitrogens with zero attached hydrogens (tertiary/aromatic N) is 2. The van der Waals surface area contributed by atoms with Crippen molar-refractivity contribution in [3.05, 3.63) is 15.9 Å². The Bertz CT molecular complexity index is 466. The van der Waals surface area contributed by atoms with Gasteiger partial charge < -0.3 is 10.1 Å². The number of aryl methyl sites for hydroxylation is 2. The molecule has 1 aliphatic rings. The summed E-state index contributed by atoms with van der Waals surface area (Å²) in [5, 5.41) is 8.25. The zero-order valence-corrected chi connectivity index (χ0v) is 15.3. The summed E-state index contributed by atoms with van der Waals surface area (Å²) < 4.78 is 9.14. The summed E-state index contributed by atoms with van der Waals surface area (Å²) in [6.45, 7) is 5.29. The van der Waals surface area contributed by atoms with Crippen LogP contribution in [0, 0.1) is 6.92 Å². The maximum atomic E-state index is 6.01. The predicted octanol–water partition coefficient (Wildman–Crippen LogP) is 3.36. The Hall–Kier alpha value is -0.390. The van der Waals surface area contributed by atoms with E-state index in [9.17, 15) is 0 Å². The third kappa shape index (κ3) is 3.51. The molecule has 4 nitrogen and oxygen atoms in total. The minimum absolute atomic E-state index is 0.0210. The zero-order valence-electron chi connectivity index (χ0n) is 13.7. The number of rotatable bonds is 7. The summed E-state index contributed by atoms with van der Waals surface area (Å²) in [4.78, 5) is 0.